The molecule has 0 saturated carbocycles. The van der Waals surface area contributed by atoms with Gasteiger partial charge in [0.25, 0.3) is 5.69 Å². The van der Waals surface area contributed by atoms with Gasteiger partial charge in [0.15, 0.2) is 4.90 Å². The number of hydrogen-bond acceptors (Lipinski definition) is 6. The minimum Gasteiger partial charge on any atom is -0.377 e. The molecule has 2 atom stereocenters. The van der Waals surface area contributed by atoms with Crippen molar-refractivity contribution in [1.82, 2.24) is 4.72 Å². The Morgan fingerprint density at radius 2 is 1.55 bits per heavy atom. The first-order chi connectivity index (χ1) is 20.3. The quantitative estimate of drug-likeness (QED) is 0.0684. The summed E-state index contributed by atoms with van der Waals surface area (Å²) in [5, 5.41) is 11.4. The van der Waals surface area contributed by atoms with Crippen LogP contribution in [0.1, 0.15) is 56.1 Å². The molecule has 0 aliphatic carbocycles. The summed E-state index contributed by atoms with van der Waals surface area (Å²) in [6, 6.07) is 21.8. The number of nitro groups is 1. The van der Waals surface area contributed by atoms with Crippen molar-refractivity contribution in [2.75, 3.05) is 12.4 Å². The zero-order chi connectivity index (χ0) is 30.2. The van der Waals surface area contributed by atoms with E-state index < -0.39 is 42.4 Å². The number of benzene rings is 3. The Balaban J connectivity index is 1.47. The Bertz CT molecular complexity index is 1410. The van der Waals surface area contributed by atoms with Gasteiger partial charge in [-0.05, 0) is 49.9 Å². The number of nitrogens with one attached hydrogen (secondary N) is 1. The summed E-state index contributed by atoms with van der Waals surface area (Å²) >= 11 is 0. The highest BCUT2D eigenvalue weighted by atomic mass is 32.2. The van der Waals surface area contributed by atoms with Crippen LogP contribution in [0.3, 0.4) is 0 Å². The largest absolute Gasteiger partial charge is 0.377 e. The highest BCUT2D eigenvalue weighted by Gasteiger charge is 2.27. The van der Waals surface area contributed by atoms with E-state index in [0.29, 0.717) is 11.5 Å². The fourth-order valence-corrected chi connectivity index (χ4v) is 7.00. The summed E-state index contributed by atoms with van der Waals surface area (Å²) in [5.41, 5.74) is 1.71. The van der Waals surface area contributed by atoms with Gasteiger partial charge in [-0.1, -0.05) is 98.0 Å². The van der Waals surface area contributed by atoms with Crippen LogP contribution in [0.5, 0.6) is 0 Å². The summed E-state index contributed by atoms with van der Waals surface area (Å²) in [6.45, 7) is 3.33. The molecule has 0 unspecified atom stereocenters. The van der Waals surface area contributed by atoms with Crippen LogP contribution in [0, 0.1) is 17.0 Å². The monoisotopic (exact) mass is 612 g/mol. The third kappa shape index (κ3) is 11.6. The van der Waals surface area contributed by atoms with Crippen LogP contribution in [-0.2, 0) is 32.2 Å². The number of rotatable bonds is 19. The average Bonchev–Trinajstić information content (AvgIpc) is 2.98. The number of hydrogen-bond donors (Lipinski definition) is 1. The smallest absolute Gasteiger partial charge is 0.289 e. The molecule has 42 heavy (non-hydrogen) atoms. The van der Waals surface area contributed by atoms with Crippen molar-refractivity contribution >= 4 is 26.5 Å². The van der Waals surface area contributed by atoms with Crippen molar-refractivity contribution in [3.05, 3.63) is 112 Å². The van der Waals surface area contributed by atoms with Crippen LogP contribution in [0.15, 0.2) is 101 Å². The first-order valence-electron chi connectivity index (χ1n) is 14.3. The Morgan fingerprint density at radius 1 is 0.905 bits per heavy atom. The summed E-state index contributed by atoms with van der Waals surface area (Å²) in [5.74, 6) is 0.00572. The van der Waals surface area contributed by atoms with Gasteiger partial charge in [-0.15, -0.1) is 0 Å². The number of nitro benzene ring substituents is 1. The third-order valence-corrected chi connectivity index (χ3v) is 9.66. The molecule has 10 heteroatoms. The molecule has 226 valence electrons. The Labute approximate surface area is 251 Å². The van der Waals surface area contributed by atoms with Crippen LogP contribution in [0.2, 0.25) is 0 Å². The minimum absolute atomic E-state index is 0.00572. The lowest BCUT2D eigenvalue weighted by molar-refractivity contribution is -0.387. The van der Waals surface area contributed by atoms with Crippen molar-refractivity contribution < 1.29 is 22.3 Å². The van der Waals surface area contributed by atoms with Gasteiger partial charge in [0, 0.05) is 23.3 Å². The number of para-hydroxylation sites is 1. The molecule has 0 saturated heterocycles. The molecule has 0 aromatic heterocycles. The maximum Gasteiger partial charge on any atom is 0.289 e. The number of unbranched alkanes of at least 4 members (excludes halogenated alkanes) is 6. The van der Waals surface area contributed by atoms with Gasteiger partial charge < -0.3 is 4.74 Å². The predicted octanol–water partition coefficient (Wildman–Crippen LogP) is 6.86. The second-order valence-corrected chi connectivity index (χ2v) is 13.3. The second kappa shape index (κ2) is 17.7. The van der Waals surface area contributed by atoms with Crippen LogP contribution >= 0.6 is 0 Å². The van der Waals surface area contributed by atoms with Crippen molar-refractivity contribution in [2.24, 2.45) is 0 Å². The van der Waals surface area contributed by atoms with Gasteiger partial charge in [0.2, 0.25) is 10.0 Å². The topological polar surface area (TPSA) is 116 Å². The molecule has 0 aliphatic rings. The van der Waals surface area contributed by atoms with Crippen LogP contribution in [0.25, 0.3) is 0 Å². The van der Waals surface area contributed by atoms with E-state index in [2.05, 4.69) is 16.9 Å². The molecule has 3 aromatic rings. The van der Waals surface area contributed by atoms with E-state index in [4.69, 9.17) is 4.74 Å². The van der Waals surface area contributed by atoms with E-state index in [9.17, 15) is 22.7 Å². The average molecular weight is 613 g/mol. The third-order valence-electron chi connectivity index (χ3n) is 6.66. The molecule has 3 aromatic carbocycles. The van der Waals surface area contributed by atoms with E-state index in [-0.39, 0.29) is 5.75 Å². The van der Waals surface area contributed by atoms with Crippen LogP contribution in [0.4, 0.5) is 5.69 Å². The highest BCUT2D eigenvalue weighted by molar-refractivity contribution is 7.89. The number of nitrogens with zero attached hydrogens (tertiary/aromatic N) is 1. The molecule has 0 bridgehead atoms. The van der Waals surface area contributed by atoms with Gasteiger partial charge in [0.05, 0.1) is 28.4 Å². The molecule has 3 rings (SSSR count). The molecule has 0 radical (unpaired) electrons. The Morgan fingerprint density at radius 3 is 2.26 bits per heavy atom. The summed E-state index contributed by atoms with van der Waals surface area (Å²) in [6.07, 6.45) is 10.8. The first-order valence-corrected chi connectivity index (χ1v) is 17.1. The maximum atomic E-state index is 13.1. The fourth-order valence-electron chi connectivity index (χ4n) is 4.37. The number of ether oxygens (including phenoxy) is 1. The zero-order valence-corrected chi connectivity index (χ0v) is 25.7. The standard InChI is InChI=1S/C32H40N2O6S2/c1-27-20-22-30(23-21-27)41(37)26-29(33-42(38,39)32-19-13-12-18-31(32)34(35)36)17-11-6-4-2-3-5-7-14-24-40-25-28-15-9-8-10-16-28/h8-13,15-23,29,33H,2-7,14,24-26H2,1H3/b17-11+/t29-,41-/m1/s1. The van der Waals surface area contributed by atoms with Gasteiger partial charge in [-0.3, -0.25) is 14.3 Å². The molecular formula is C32H40N2O6S2. The second-order valence-electron chi connectivity index (χ2n) is 10.2. The molecule has 8 nitrogen and oxygen atoms in total. The van der Waals surface area contributed by atoms with Crippen LogP contribution < -0.4 is 4.72 Å². The first kappa shape index (κ1) is 33.3. The number of aryl methyl sites for hydroxylation is 1. The van der Waals surface area contributed by atoms with Gasteiger partial charge >= 0.3 is 0 Å². The van der Waals surface area contributed by atoms with E-state index in [1.54, 1.807) is 18.2 Å². The summed E-state index contributed by atoms with van der Waals surface area (Å²) in [7, 11) is -5.71. The molecular weight excluding hydrogens is 572 g/mol. The Hall–Kier alpha value is -3.18. The molecule has 0 heterocycles. The highest BCUT2D eigenvalue weighted by Crippen LogP contribution is 2.23. The van der Waals surface area contributed by atoms with E-state index in [1.807, 2.05) is 43.3 Å². The van der Waals surface area contributed by atoms with Gasteiger partial charge in [-0.25, -0.2) is 13.1 Å². The molecule has 1 N–H and O–H groups in total. The van der Waals surface area contributed by atoms with E-state index in [0.717, 1.165) is 63.2 Å². The fraction of sp³-hybridized carbons (Fsp3) is 0.375. The maximum absolute atomic E-state index is 13.1. The summed E-state index contributed by atoms with van der Waals surface area (Å²) < 4.78 is 47.6. The Kier molecular flexibility index (Phi) is 14.0. The van der Waals surface area contributed by atoms with Gasteiger partial charge in [0.1, 0.15) is 0 Å². The zero-order valence-electron chi connectivity index (χ0n) is 24.0. The van der Waals surface area contributed by atoms with Crippen molar-refractivity contribution in [3.8, 4) is 0 Å². The van der Waals surface area contributed by atoms with E-state index in [1.165, 1.54) is 23.8 Å². The SMILES string of the molecule is Cc1ccc([S@](=O)C[C@@H](/C=C/CCCCCCCCOCc2ccccc2)NS(=O)(=O)c2ccccc2[N+](=O)[O-])cc1. The van der Waals surface area contributed by atoms with Crippen LogP contribution in [-0.4, -0.2) is 36.0 Å². The van der Waals surface area contributed by atoms with Crippen molar-refractivity contribution in [2.45, 2.75) is 74.3 Å². The lowest BCUT2D eigenvalue weighted by Gasteiger charge is -2.16. The number of sulfonamides is 1. The normalized spacial score (nSPS) is 13.3. The minimum atomic E-state index is -4.24. The lowest BCUT2D eigenvalue weighted by Crippen LogP contribution is -2.37. The lowest BCUT2D eigenvalue weighted by atomic mass is 10.1. The summed E-state index contributed by atoms with van der Waals surface area (Å²) in [4.78, 5) is 10.9. The number of allylic oxidation sites excluding steroid dienone is 1. The molecule has 0 spiro atoms. The van der Waals surface area contributed by atoms with Crippen molar-refractivity contribution in [3.63, 3.8) is 0 Å². The molecule has 0 amide bonds. The van der Waals surface area contributed by atoms with Crippen molar-refractivity contribution in [1.29, 1.82) is 0 Å². The molecule has 0 aliphatic heterocycles. The van der Waals surface area contributed by atoms with E-state index >= 15 is 0 Å². The van der Waals surface area contributed by atoms with Gasteiger partial charge in [-0.2, -0.15) is 0 Å². The molecule has 0 fully saturated rings. The predicted molar refractivity (Wildman–Crippen MR) is 167 cm³/mol.